The van der Waals surface area contributed by atoms with Gasteiger partial charge in [-0.2, -0.15) is 0 Å². The van der Waals surface area contributed by atoms with Crippen molar-refractivity contribution >= 4 is 14.1 Å². The Hall–Kier alpha value is 0.532. The van der Waals surface area contributed by atoms with E-state index in [0.717, 1.165) is 0 Å². The molecule has 0 saturated carbocycles. The summed E-state index contributed by atoms with van der Waals surface area (Å²) < 4.78 is 0. The second-order valence-electron chi connectivity index (χ2n) is 7.47. The SMILES string of the molecule is CCCCCC[CH2][Al]([CH2]CCCCCC)[CH2]CCCCCC. The zero-order valence-corrected chi connectivity index (χ0v) is 17.5. The molecule has 0 aromatic heterocycles. The monoisotopic (exact) mass is 324 g/mol. The van der Waals surface area contributed by atoms with Crippen molar-refractivity contribution in [2.75, 3.05) is 0 Å². The van der Waals surface area contributed by atoms with Crippen LogP contribution >= 0.6 is 0 Å². The van der Waals surface area contributed by atoms with E-state index in [1.807, 2.05) is 0 Å². The molecule has 0 aromatic rings. The highest BCUT2D eigenvalue weighted by Gasteiger charge is 2.15. The number of rotatable bonds is 18. The van der Waals surface area contributed by atoms with Crippen molar-refractivity contribution in [3.63, 3.8) is 0 Å². The van der Waals surface area contributed by atoms with Gasteiger partial charge in [-0.25, -0.2) is 0 Å². The molecule has 0 aliphatic rings. The summed E-state index contributed by atoms with van der Waals surface area (Å²) in [6.07, 6.45) is 22.2. The van der Waals surface area contributed by atoms with E-state index in [1.54, 1.807) is 35.1 Å². The highest BCUT2D eigenvalue weighted by molar-refractivity contribution is 6.58. The van der Waals surface area contributed by atoms with Crippen LogP contribution in [-0.2, 0) is 0 Å². The first-order valence-electron chi connectivity index (χ1n) is 10.8. The fourth-order valence-corrected chi connectivity index (χ4v) is 7.01. The van der Waals surface area contributed by atoms with Crippen LogP contribution in [0.2, 0.25) is 15.8 Å². The lowest BCUT2D eigenvalue weighted by atomic mass is 10.2. The summed E-state index contributed by atoms with van der Waals surface area (Å²) >= 11 is -0.388. The number of hydrogen-bond acceptors (Lipinski definition) is 0. The van der Waals surface area contributed by atoms with Gasteiger partial charge in [-0.1, -0.05) is 133 Å². The molecule has 1 heteroatoms. The third-order valence-electron chi connectivity index (χ3n) is 5.15. The third kappa shape index (κ3) is 16.9. The van der Waals surface area contributed by atoms with Crippen LogP contribution in [0.25, 0.3) is 0 Å². The Morgan fingerprint density at radius 2 is 0.636 bits per heavy atom. The van der Waals surface area contributed by atoms with Crippen LogP contribution in [0, 0.1) is 0 Å². The smallest absolute Gasteiger partial charge is 0.0939 e. The first-order chi connectivity index (χ1) is 10.8. The first-order valence-corrected chi connectivity index (χ1v) is 13.3. The van der Waals surface area contributed by atoms with Crippen LogP contribution in [0.4, 0.5) is 0 Å². The van der Waals surface area contributed by atoms with Gasteiger partial charge in [-0.05, 0) is 0 Å². The number of unbranched alkanes of at least 4 members (excludes halogenated alkanes) is 12. The molecule has 0 aliphatic carbocycles. The van der Waals surface area contributed by atoms with Gasteiger partial charge in [0.15, 0.2) is 0 Å². The zero-order chi connectivity index (χ0) is 16.3. The molecular weight excluding hydrogens is 279 g/mol. The molecule has 0 radical (unpaired) electrons. The molecule has 0 bridgehead atoms. The molecule has 0 aromatic carbocycles. The molecule has 0 nitrogen and oxygen atoms in total. The maximum absolute atomic E-state index is 2.32. The Bertz CT molecular complexity index is 157. The lowest BCUT2D eigenvalue weighted by molar-refractivity contribution is 0.636. The van der Waals surface area contributed by atoms with Crippen molar-refractivity contribution in [2.45, 2.75) is 133 Å². The van der Waals surface area contributed by atoms with E-state index in [0.29, 0.717) is 0 Å². The highest BCUT2D eigenvalue weighted by Crippen LogP contribution is 2.20. The summed E-state index contributed by atoms with van der Waals surface area (Å²) in [4.78, 5) is 0. The van der Waals surface area contributed by atoms with Gasteiger partial charge in [0.2, 0.25) is 0 Å². The minimum Gasteiger partial charge on any atom is -0.0939 e. The van der Waals surface area contributed by atoms with Crippen molar-refractivity contribution in [1.82, 2.24) is 0 Å². The molecule has 0 spiro atoms. The van der Waals surface area contributed by atoms with E-state index < -0.39 is 0 Å². The van der Waals surface area contributed by atoms with Gasteiger partial charge < -0.3 is 0 Å². The van der Waals surface area contributed by atoms with Crippen LogP contribution in [0.3, 0.4) is 0 Å². The molecule has 0 fully saturated rings. The number of hydrogen-bond donors (Lipinski definition) is 0. The van der Waals surface area contributed by atoms with Gasteiger partial charge in [-0.3, -0.25) is 0 Å². The zero-order valence-electron chi connectivity index (χ0n) is 16.3. The minimum atomic E-state index is -0.388. The Balaban J connectivity index is 3.72. The predicted molar refractivity (Wildman–Crippen MR) is 106 cm³/mol. The van der Waals surface area contributed by atoms with Crippen molar-refractivity contribution in [3.8, 4) is 0 Å². The van der Waals surface area contributed by atoms with E-state index in [2.05, 4.69) is 20.8 Å². The Labute approximate surface area is 147 Å². The van der Waals surface area contributed by atoms with Crippen molar-refractivity contribution in [3.05, 3.63) is 0 Å². The Morgan fingerprint density at radius 1 is 0.364 bits per heavy atom. The molecule has 0 atom stereocenters. The standard InChI is InChI=1S/3C7H15.Al/c3*1-3-5-7-6-4-2;/h3*1,3-7H2,2H3;. The fourth-order valence-electron chi connectivity index (χ4n) is 3.54. The lowest BCUT2D eigenvalue weighted by Crippen LogP contribution is -2.12. The van der Waals surface area contributed by atoms with Gasteiger partial charge in [0.05, 0.1) is 0 Å². The Kier molecular flexibility index (Phi) is 20.1. The van der Waals surface area contributed by atoms with E-state index in [9.17, 15) is 0 Å². The van der Waals surface area contributed by atoms with Crippen LogP contribution in [-0.4, -0.2) is 14.1 Å². The largest absolute Gasteiger partial charge is 0.261 e. The topological polar surface area (TPSA) is 0 Å². The van der Waals surface area contributed by atoms with E-state index in [1.165, 1.54) is 77.0 Å². The fraction of sp³-hybridized carbons (Fsp3) is 1.00. The van der Waals surface area contributed by atoms with Crippen molar-refractivity contribution in [1.29, 1.82) is 0 Å². The van der Waals surface area contributed by atoms with Gasteiger partial charge in [-0.15, -0.1) is 0 Å². The normalized spacial score (nSPS) is 11.0. The summed E-state index contributed by atoms with van der Waals surface area (Å²) in [5.41, 5.74) is 0. The average Bonchev–Trinajstić information content (AvgIpc) is 2.53. The molecule has 0 N–H and O–H groups in total. The molecule has 0 aliphatic heterocycles. The maximum Gasteiger partial charge on any atom is 0.261 e. The molecule has 0 amide bonds. The third-order valence-corrected chi connectivity index (χ3v) is 8.82. The summed E-state index contributed by atoms with van der Waals surface area (Å²) in [5, 5.41) is 4.97. The van der Waals surface area contributed by atoms with E-state index >= 15 is 0 Å². The molecule has 0 heterocycles. The minimum absolute atomic E-state index is 0.388. The second-order valence-corrected chi connectivity index (χ2v) is 10.9. The molecule has 22 heavy (non-hydrogen) atoms. The van der Waals surface area contributed by atoms with Crippen molar-refractivity contribution < 1.29 is 0 Å². The van der Waals surface area contributed by atoms with Gasteiger partial charge >= 0.3 is 0 Å². The van der Waals surface area contributed by atoms with Gasteiger partial charge in [0, 0.05) is 0 Å². The predicted octanol–water partition coefficient (Wildman–Crippen LogP) is 8.39. The Morgan fingerprint density at radius 3 is 0.909 bits per heavy atom. The van der Waals surface area contributed by atoms with Crippen LogP contribution in [0.1, 0.15) is 117 Å². The molecule has 132 valence electrons. The van der Waals surface area contributed by atoms with Crippen LogP contribution in [0.15, 0.2) is 0 Å². The summed E-state index contributed by atoms with van der Waals surface area (Å²) in [5.74, 6) is 0. The van der Waals surface area contributed by atoms with Gasteiger partial charge in [0.25, 0.3) is 14.1 Å². The summed E-state index contributed by atoms with van der Waals surface area (Å²) in [7, 11) is 0. The summed E-state index contributed by atoms with van der Waals surface area (Å²) in [6, 6.07) is 0. The quantitative estimate of drug-likeness (QED) is 0.175. The van der Waals surface area contributed by atoms with Crippen molar-refractivity contribution in [2.24, 2.45) is 0 Å². The second kappa shape index (κ2) is 19.6. The van der Waals surface area contributed by atoms with E-state index in [4.69, 9.17) is 0 Å². The average molecular weight is 325 g/mol. The summed E-state index contributed by atoms with van der Waals surface area (Å²) in [6.45, 7) is 6.97. The van der Waals surface area contributed by atoms with Crippen LogP contribution < -0.4 is 0 Å². The molecule has 0 unspecified atom stereocenters. The molecule has 0 saturated heterocycles. The molecular formula is C21H45Al. The lowest BCUT2D eigenvalue weighted by Gasteiger charge is -2.12. The van der Waals surface area contributed by atoms with Crippen LogP contribution in [0.5, 0.6) is 0 Å². The first kappa shape index (κ1) is 22.5. The van der Waals surface area contributed by atoms with E-state index in [-0.39, 0.29) is 14.1 Å². The molecule has 0 rings (SSSR count). The highest BCUT2D eigenvalue weighted by atomic mass is 27.2. The maximum atomic E-state index is 2.32. The van der Waals surface area contributed by atoms with Gasteiger partial charge in [0.1, 0.15) is 0 Å².